The van der Waals surface area contributed by atoms with E-state index in [4.69, 9.17) is 28.2 Å². The number of nitrogens with zero attached hydrogens (tertiary/aromatic N) is 2. The van der Waals surface area contributed by atoms with Crippen molar-refractivity contribution in [2.24, 2.45) is 0 Å². The van der Waals surface area contributed by atoms with Crippen molar-refractivity contribution in [2.75, 3.05) is 0 Å². The summed E-state index contributed by atoms with van der Waals surface area (Å²) in [5.41, 5.74) is 1.51. The van der Waals surface area contributed by atoms with E-state index in [1.165, 1.54) is 4.68 Å². The van der Waals surface area contributed by atoms with Crippen LogP contribution < -0.4 is 0 Å². The highest BCUT2D eigenvalue weighted by Crippen LogP contribution is 2.22. The predicted molar refractivity (Wildman–Crippen MR) is 78.8 cm³/mol. The zero-order valence-corrected chi connectivity index (χ0v) is 11.7. The van der Waals surface area contributed by atoms with E-state index in [9.17, 15) is 5.11 Å². The molecule has 6 heteroatoms. The maximum Gasteiger partial charge on any atom is 0.292 e. The van der Waals surface area contributed by atoms with Gasteiger partial charge in [0.25, 0.3) is 4.84 Å². The molecule has 2 aromatic carbocycles. The molecular weight excluding hydrogens is 296 g/mol. The molecule has 0 unspecified atom stereocenters. The molecule has 0 amide bonds. The molecule has 0 fully saturated rings. The third-order valence-corrected chi connectivity index (χ3v) is 3.24. The van der Waals surface area contributed by atoms with Gasteiger partial charge in [0.15, 0.2) is 0 Å². The molecule has 3 rings (SSSR count). The van der Waals surface area contributed by atoms with Crippen LogP contribution in [0.15, 0.2) is 52.9 Å². The summed E-state index contributed by atoms with van der Waals surface area (Å²) in [7, 11) is 0. The van der Waals surface area contributed by atoms with E-state index in [1.807, 2.05) is 12.1 Å². The summed E-state index contributed by atoms with van der Waals surface area (Å²) >= 11 is 11.0. The van der Waals surface area contributed by atoms with Crippen molar-refractivity contribution < 1.29 is 9.52 Å². The first-order valence-electron chi connectivity index (χ1n) is 5.79. The third-order valence-electron chi connectivity index (χ3n) is 2.73. The first kappa shape index (κ1) is 12.9. The summed E-state index contributed by atoms with van der Waals surface area (Å²) in [6, 6.07) is 13.7. The second-order valence-corrected chi connectivity index (χ2v) is 4.89. The van der Waals surface area contributed by atoms with Gasteiger partial charge >= 0.3 is 0 Å². The van der Waals surface area contributed by atoms with E-state index in [0.717, 1.165) is 11.3 Å². The molecule has 0 aliphatic heterocycles. The fourth-order valence-electron chi connectivity index (χ4n) is 1.74. The van der Waals surface area contributed by atoms with E-state index in [-0.39, 0.29) is 10.6 Å². The highest BCUT2D eigenvalue weighted by Gasteiger charge is 2.09. The number of aromatic hydroxyl groups is 1. The Labute approximate surface area is 124 Å². The molecule has 100 valence electrons. The fraction of sp³-hybridized carbons (Fsp3) is 0. The van der Waals surface area contributed by atoms with Crippen LogP contribution in [0.3, 0.4) is 0 Å². The Bertz CT molecular complexity index is 791. The zero-order chi connectivity index (χ0) is 14.1. The molecule has 1 N–H and O–H groups in total. The average Bonchev–Trinajstić information content (AvgIpc) is 2.82. The van der Waals surface area contributed by atoms with Crippen molar-refractivity contribution in [2.45, 2.75) is 0 Å². The first-order valence-corrected chi connectivity index (χ1v) is 6.57. The lowest BCUT2D eigenvalue weighted by Gasteiger charge is -1.98. The molecule has 1 aromatic heterocycles. The van der Waals surface area contributed by atoms with Crippen LogP contribution >= 0.6 is 23.8 Å². The van der Waals surface area contributed by atoms with Crippen molar-refractivity contribution >= 4 is 23.8 Å². The molecular formula is C14H9ClN2O2S. The second kappa shape index (κ2) is 5.11. The van der Waals surface area contributed by atoms with Crippen LogP contribution in [0.25, 0.3) is 17.1 Å². The second-order valence-electron chi connectivity index (χ2n) is 4.11. The van der Waals surface area contributed by atoms with Gasteiger partial charge in [-0.3, -0.25) is 0 Å². The Morgan fingerprint density at radius 3 is 2.35 bits per heavy atom. The van der Waals surface area contributed by atoms with Crippen LogP contribution in [-0.4, -0.2) is 14.9 Å². The average molecular weight is 305 g/mol. The highest BCUT2D eigenvalue weighted by molar-refractivity contribution is 7.71. The normalized spacial score (nSPS) is 10.7. The monoisotopic (exact) mass is 304 g/mol. The van der Waals surface area contributed by atoms with E-state index >= 15 is 0 Å². The van der Waals surface area contributed by atoms with Gasteiger partial charge in [-0.1, -0.05) is 11.6 Å². The Morgan fingerprint density at radius 1 is 1.05 bits per heavy atom. The summed E-state index contributed by atoms with van der Waals surface area (Å²) in [6.45, 7) is 0. The topological polar surface area (TPSA) is 51.2 Å². The fourth-order valence-corrected chi connectivity index (χ4v) is 2.10. The lowest BCUT2D eigenvalue weighted by atomic mass is 10.2. The number of hydrogen-bond acceptors (Lipinski definition) is 4. The molecule has 0 saturated heterocycles. The Balaban J connectivity index is 2.05. The molecule has 3 aromatic rings. The van der Waals surface area contributed by atoms with Gasteiger partial charge in [0.1, 0.15) is 5.75 Å². The van der Waals surface area contributed by atoms with E-state index in [2.05, 4.69) is 5.10 Å². The van der Waals surface area contributed by atoms with Crippen LogP contribution in [0, 0.1) is 4.84 Å². The molecule has 0 bridgehead atoms. The van der Waals surface area contributed by atoms with Crippen LogP contribution in [0.2, 0.25) is 5.02 Å². The summed E-state index contributed by atoms with van der Waals surface area (Å²) in [4.78, 5) is 0.237. The SMILES string of the molecule is Oc1ccc(-n2nc(-c3ccc(Cl)cc3)oc2=S)cc1. The number of hydrogen-bond donors (Lipinski definition) is 1. The largest absolute Gasteiger partial charge is 0.508 e. The molecule has 0 radical (unpaired) electrons. The van der Waals surface area contributed by atoms with Crippen LogP contribution in [0.1, 0.15) is 0 Å². The number of aromatic nitrogens is 2. The molecule has 0 spiro atoms. The molecule has 0 aliphatic carbocycles. The van der Waals surface area contributed by atoms with Gasteiger partial charge in [-0.2, -0.15) is 4.68 Å². The minimum Gasteiger partial charge on any atom is -0.508 e. The number of phenolic OH excluding ortho intramolecular Hbond substituents is 1. The van der Waals surface area contributed by atoms with Gasteiger partial charge in [0, 0.05) is 10.6 Å². The van der Waals surface area contributed by atoms with Crippen molar-refractivity contribution in [3.63, 3.8) is 0 Å². The van der Waals surface area contributed by atoms with Crippen molar-refractivity contribution in [1.29, 1.82) is 0 Å². The lowest BCUT2D eigenvalue weighted by molar-refractivity contribution is 0.475. The molecule has 0 aliphatic rings. The number of benzene rings is 2. The van der Waals surface area contributed by atoms with Crippen LogP contribution in [-0.2, 0) is 0 Å². The predicted octanol–water partition coefficient (Wildman–Crippen LogP) is 4.22. The van der Waals surface area contributed by atoms with Gasteiger partial charge in [0.05, 0.1) is 5.69 Å². The number of rotatable bonds is 2. The van der Waals surface area contributed by atoms with Crippen molar-refractivity contribution in [3.05, 3.63) is 58.4 Å². The summed E-state index contributed by atoms with van der Waals surface area (Å²) in [5.74, 6) is 0.599. The van der Waals surface area contributed by atoms with E-state index in [0.29, 0.717) is 10.9 Å². The molecule has 0 saturated carbocycles. The van der Waals surface area contributed by atoms with E-state index in [1.54, 1.807) is 36.4 Å². The van der Waals surface area contributed by atoms with Gasteiger partial charge in [-0.25, -0.2) is 0 Å². The Hall–Kier alpha value is -2.11. The van der Waals surface area contributed by atoms with Crippen LogP contribution in [0.4, 0.5) is 0 Å². The molecule has 1 heterocycles. The minimum atomic E-state index is 0.182. The van der Waals surface area contributed by atoms with Gasteiger partial charge < -0.3 is 9.52 Å². The van der Waals surface area contributed by atoms with E-state index < -0.39 is 0 Å². The quantitative estimate of drug-likeness (QED) is 0.720. The molecule has 20 heavy (non-hydrogen) atoms. The Kier molecular flexibility index (Phi) is 3.30. The van der Waals surface area contributed by atoms with Gasteiger partial charge in [-0.05, 0) is 60.7 Å². The Morgan fingerprint density at radius 2 is 1.70 bits per heavy atom. The first-order chi connectivity index (χ1) is 9.63. The summed E-state index contributed by atoms with van der Waals surface area (Å²) in [5, 5.41) is 14.3. The van der Waals surface area contributed by atoms with Crippen molar-refractivity contribution in [1.82, 2.24) is 9.78 Å². The standard InChI is InChI=1S/C14H9ClN2O2S/c15-10-3-1-9(2-4-10)13-16-17(14(20)19-13)11-5-7-12(18)8-6-11/h1-8,18H. The molecule has 4 nitrogen and oxygen atoms in total. The maximum absolute atomic E-state index is 9.29. The highest BCUT2D eigenvalue weighted by atomic mass is 35.5. The lowest BCUT2D eigenvalue weighted by Crippen LogP contribution is -1.95. The van der Waals surface area contributed by atoms with Gasteiger partial charge in [0.2, 0.25) is 5.89 Å². The molecule has 0 atom stereocenters. The van der Waals surface area contributed by atoms with Gasteiger partial charge in [-0.15, -0.1) is 5.10 Å². The summed E-state index contributed by atoms with van der Waals surface area (Å²) in [6.07, 6.45) is 0. The summed E-state index contributed by atoms with van der Waals surface area (Å²) < 4.78 is 6.99. The zero-order valence-electron chi connectivity index (χ0n) is 10.2. The van der Waals surface area contributed by atoms with Crippen LogP contribution in [0.5, 0.6) is 5.75 Å². The maximum atomic E-state index is 9.29. The number of phenols is 1. The minimum absolute atomic E-state index is 0.182. The number of halogens is 1. The smallest absolute Gasteiger partial charge is 0.292 e. The third kappa shape index (κ3) is 2.45. The van der Waals surface area contributed by atoms with Crippen molar-refractivity contribution in [3.8, 4) is 22.9 Å².